The third kappa shape index (κ3) is 3.22. The van der Waals surface area contributed by atoms with Gasteiger partial charge in [0.15, 0.2) is 0 Å². The van der Waals surface area contributed by atoms with Gasteiger partial charge in [-0.1, -0.05) is 42.5 Å². The molecule has 8 heteroatoms. The number of alkyl halides is 3. The Morgan fingerprint density at radius 2 is 1.69 bits per heavy atom. The molecule has 0 amide bonds. The van der Waals surface area contributed by atoms with Gasteiger partial charge >= 0.3 is 18.1 Å². The second-order valence-corrected chi connectivity index (χ2v) is 6.79. The SMILES string of the molecule is COC(=O)C1(Cc2ccc(OC)cc2)CC(=O)OC1(c1ccccc1)C(F)(F)F. The molecule has 0 N–H and O–H groups in total. The second kappa shape index (κ2) is 7.42. The van der Waals surface area contributed by atoms with Crippen LogP contribution in [0.5, 0.6) is 5.75 Å². The zero-order chi connectivity index (χ0) is 21.3. The Hall–Kier alpha value is -3.03. The minimum atomic E-state index is -5.07. The molecular formula is C21H19F3O5. The molecule has 0 saturated carbocycles. The van der Waals surface area contributed by atoms with Crippen LogP contribution >= 0.6 is 0 Å². The van der Waals surface area contributed by atoms with E-state index in [-0.39, 0.29) is 5.56 Å². The number of methoxy groups -OCH3 is 2. The van der Waals surface area contributed by atoms with Crippen molar-refractivity contribution in [1.82, 2.24) is 0 Å². The van der Waals surface area contributed by atoms with E-state index in [4.69, 9.17) is 14.2 Å². The number of carbonyl (C=O) groups excluding carboxylic acids is 2. The van der Waals surface area contributed by atoms with Gasteiger partial charge in [-0.25, -0.2) is 0 Å². The summed E-state index contributed by atoms with van der Waals surface area (Å²) in [4.78, 5) is 25.1. The van der Waals surface area contributed by atoms with E-state index in [1.54, 1.807) is 24.3 Å². The van der Waals surface area contributed by atoms with Crippen molar-refractivity contribution in [2.75, 3.05) is 14.2 Å². The molecule has 1 aliphatic rings. The van der Waals surface area contributed by atoms with Crippen LogP contribution in [0, 0.1) is 5.41 Å². The van der Waals surface area contributed by atoms with Crippen LogP contribution in [0.25, 0.3) is 0 Å². The Bertz CT molecular complexity index is 895. The largest absolute Gasteiger partial charge is 0.497 e. The van der Waals surface area contributed by atoms with Gasteiger partial charge in [-0.15, -0.1) is 0 Å². The molecule has 0 bridgehead atoms. The maximum Gasteiger partial charge on any atom is 0.433 e. The van der Waals surface area contributed by atoms with E-state index in [1.165, 1.54) is 37.4 Å². The highest BCUT2D eigenvalue weighted by atomic mass is 19.4. The zero-order valence-corrected chi connectivity index (χ0v) is 15.8. The van der Waals surface area contributed by atoms with Crippen molar-refractivity contribution in [2.24, 2.45) is 5.41 Å². The minimum absolute atomic E-state index is 0.336. The van der Waals surface area contributed by atoms with Crippen LogP contribution in [0.1, 0.15) is 17.5 Å². The molecule has 29 heavy (non-hydrogen) atoms. The van der Waals surface area contributed by atoms with Gasteiger partial charge in [-0.05, 0) is 24.1 Å². The van der Waals surface area contributed by atoms with Crippen LogP contribution in [-0.2, 0) is 31.1 Å². The first kappa shape index (κ1) is 20.7. The van der Waals surface area contributed by atoms with Crippen molar-refractivity contribution in [3.63, 3.8) is 0 Å². The highest BCUT2D eigenvalue weighted by Gasteiger charge is 2.78. The Morgan fingerprint density at radius 1 is 1.07 bits per heavy atom. The molecule has 1 saturated heterocycles. The van der Waals surface area contributed by atoms with Crippen LogP contribution in [0.15, 0.2) is 54.6 Å². The number of cyclic esters (lactones) is 1. The first-order valence-electron chi connectivity index (χ1n) is 8.75. The van der Waals surface area contributed by atoms with Crippen molar-refractivity contribution in [2.45, 2.75) is 24.6 Å². The average molecular weight is 408 g/mol. The molecule has 1 heterocycles. The average Bonchev–Trinajstić information content (AvgIpc) is 3.02. The summed E-state index contributed by atoms with van der Waals surface area (Å²) in [6.07, 6.45) is -6.24. The van der Waals surface area contributed by atoms with Crippen molar-refractivity contribution in [3.05, 3.63) is 65.7 Å². The lowest BCUT2D eigenvalue weighted by Crippen LogP contribution is -2.58. The second-order valence-electron chi connectivity index (χ2n) is 6.79. The fraction of sp³-hybridized carbons (Fsp3) is 0.333. The zero-order valence-electron chi connectivity index (χ0n) is 15.8. The fourth-order valence-electron chi connectivity index (χ4n) is 3.94. The standard InChI is InChI=1S/C21H19F3O5/c1-27-16-10-8-14(9-11-16)12-19(18(26)28-2)13-17(25)29-20(19,21(22,23)24)15-6-4-3-5-7-15/h3-11H,12-13H2,1-2H3. The first-order chi connectivity index (χ1) is 13.7. The molecule has 0 aliphatic carbocycles. The van der Waals surface area contributed by atoms with E-state index < -0.39 is 42.0 Å². The number of halogens is 3. The molecule has 5 nitrogen and oxygen atoms in total. The predicted molar refractivity (Wildman–Crippen MR) is 96.0 cm³/mol. The Kier molecular flexibility index (Phi) is 5.30. The van der Waals surface area contributed by atoms with Crippen molar-refractivity contribution < 1.29 is 37.0 Å². The number of hydrogen-bond acceptors (Lipinski definition) is 5. The molecule has 3 rings (SSSR count). The molecule has 1 fully saturated rings. The maximum absolute atomic E-state index is 14.6. The molecule has 1 aliphatic heterocycles. The highest BCUT2D eigenvalue weighted by molar-refractivity contribution is 5.89. The number of esters is 2. The first-order valence-corrected chi connectivity index (χ1v) is 8.75. The molecule has 0 radical (unpaired) electrons. The molecule has 154 valence electrons. The van der Waals surface area contributed by atoms with E-state index >= 15 is 0 Å². The maximum atomic E-state index is 14.6. The van der Waals surface area contributed by atoms with Gasteiger partial charge in [0.05, 0.1) is 20.6 Å². The van der Waals surface area contributed by atoms with Gasteiger partial charge in [0.1, 0.15) is 11.2 Å². The molecule has 2 atom stereocenters. The number of carbonyl (C=O) groups is 2. The lowest BCUT2D eigenvalue weighted by molar-refractivity contribution is -0.294. The van der Waals surface area contributed by atoms with Gasteiger partial charge in [0.25, 0.3) is 0 Å². The van der Waals surface area contributed by atoms with Crippen molar-refractivity contribution in [1.29, 1.82) is 0 Å². The molecule has 0 spiro atoms. The normalized spacial score (nSPS) is 24.1. The molecule has 2 aromatic carbocycles. The van der Waals surface area contributed by atoms with E-state index in [2.05, 4.69) is 0 Å². The summed E-state index contributed by atoms with van der Waals surface area (Å²) in [7, 11) is 2.45. The summed E-state index contributed by atoms with van der Waals surface area (Å²) in [5.41, 5.74) is -5.44. The van der Waals surface area contributed by atoms with Gasteiger partial charge in [0.2, 0.25) is 5.60 Å². The highest BCUT2D eigenvalue weighted by Crippen LogP contribution is 2.61. The van der Waals surface area contributed by atoms with Crippen LogP contribution in [0.4, 0.5) is 13.2 Å². The lowest BCUT2D eigenvalue weighted by Gasteiger charge is -2.42. The van der Waals surface area contributed by atoms with E-state index in [9.17, 15) is 22.8 Å². The quantitative estimate of drug-likeness (QED) is 0.705. The van der Waals surface area contributed by atoms with Crippen LogP contribution < -0.4 is 4.74 Å². The summed E-state index contributed by atoms with van der Waals surface area (Å²) >= 11 is 0. The summed E-state index contributed by atoms with van der Waals surface area (Å²) in [5, 5.41) is 0. The predicted octanol–water partition coefficient (Wildman–Crippen LogP) is 3.80. The van der Waals surface area contributed by atoms with Crippen LogP contribution in [0.2, 0.25) is 0 Å². The lowest BCUT2D eigenvalue weighted by atomic mass is 9.64. The number of benzene rings is 2. The fourth-order valence-corrected chi connectivity index (χ4v) is 3.94. The smallest absolute Gasteiger partial charge is 0.433 e. The van der Waals surface area contributed by atoms with Gasteiger partial charge in [0, 0.05) is 5.56 Å². The number of hydrogen-bond donors (Lipinski definition) is 0. The molecular weight excluding hydrogens is 389 g/mol. The van der Waals surface area contributed by atoms with Crippen LogP contribution in [-0.4, -0.2) is 32.3 Å². The summed E-state index contributed by atoms with van der Waals surface area (Å²) < 4.78 is 58.6. The number of ether oxygens (including phenoxy) is 3. The minimum Gasteiger partial charge on any atom is -0.497 e. The van der Waals surface area contributed by atoms with Crippen molar-refractivity contribution >= 4 is 11.9 Å². The third-order valence-corrected chi connectivity index (χ3v) is 5.21. The molecule has 2 aromatic rings. The third-order valence-electron chi connectivity index (χ3n) is 5.21. The topological polar surface area (TPSA) is 61.8 Å². The van der Waals surface area contributed by atoms with Gasteiger partial charge in [-0.2, -0.15) is 13.2 Å². The van der Waals surface area contributed by atoms with Gasteiger partial charge < -0.3 is 14.2 Å². The van der Waals surface area contributed by atoms with E-state index in [1.807, 2.05) is 0 Å². The van der Waals surface area contributed by atoms with Crippen molar-refractivity contribution in [3.8, 4) is 5.75 Å². The Morgan fingerprint density at radius 3 is 2.21 bits per heavy atom. The summed E-state index contributed by atoms with van der Waals surface area (Å²) in [5.74, 6) is -1.78. The van der Waals surface area contributed by atoms with Crippen LogP contribution in [0.3, 0.4) is 0 Å². The Labute approximate surface area is 165 Å². The van der Waals surface area contributed by atoms with E-state index in [0.717, 1.165) is 7.11 Å². The number of rotatable bonds is 5. The molecule has 0 aromatic heterocycles. The van der Waals surface area contributed by atoms with Gasteiger partial charge in [-0.3, -0.25) is 9.59 Å². The summed E-state index contributed by atoms with van der Waals surface area (Å²) in [6, 6.07) is 12.9. The summed E-state index contributed by atoms with van der Waals surface area (Å²) in [6.45, 7) is 0. The van der Waals surface area contributed by atoms with E-state index in [0.29, 0.717) is 11.3 Å². The molecule has 2 unspecified atom stereocenters. The monoisotopic (exact) mass is 408 g/mol. The Balaban J connectivity index is 2.25.